The molecule has 0 aliphatic heterocycles. The Morgan fingerprint density at radius 1 is 1.39 bits per heavy atom. The monoisotopic (exact) mass is 308 g/mol. The lowest BCUT2D eigenvalue weighted by atomic mass is 10.3. The molecule has 0 unspecified atom stereocenters. The fourth-order valence-electron chi connectivity index (χ4n) is 1.12. The van der Waals surface area contributed by atoms with Crippen molar-refractivity contribution in [2.45, 2.75) is 19.8 Å². The summed E-state index contributed by atoms with van der Waals surface area (Å²) in [5, 5.41) is 1.86. The molecule has 0 aromatic carbocycles. The Hall–Kier alpha value is -0.470. The Bertz CT molecular complexity index is 361. The molecule has 0 heterocycles. The number of nitrogens with two attached hydrogens (primary N) is 1. The third-order valence-electron chi connectivity index (χ3n) is 1.78. The van der Waals surface area contributed by atoms with E-state index in [-0.39, 0.29) is 24.1 Å². The van der Waals surface area contributed by atoms with Crippen molar-refractivity contribution in [2.24, 2.45) is 11.7 Å². The second-order valence-electron chi connectivity index (χ2n) is 4.29. The van der Waals surface area contributed by atoms with E-state index in [4.69, 9.17) is 5.73 Å². The molecule has 18 heavy (non-hydrogen) atoms. The maximum absolute atomic E-state index is 12.7. The van der Waals surface area contributed by atoms with Gasteiger partial charge in [0.15, 0.2) is 9.84 Å². The molecule has 0 fully saturated rings. The Balaban J connectivity index is 0. The number of hydrogen-bond donors (Lipinski definition) is 2. The summed E-state index contributed by atoms with van der Waals surface area (Å²) >= 11 is 0. The zero-order valence-corrected chi connectivity index (χ0v) is 11.9. The normalized spacial score (nSPS) is 12.1. The minimum Gasteiger partial charge on any atom is -0.349 e. The number of rotatable bonds is 7. The van der Waals surface area contributed by atoms with Crippen LogP contribution in [0, 0.1) is 5.92 Å². The number of halogens is 3. The first-order valence-electron chi connectivity index (χ1n) is 5.13. The van der Waals surface area contributed by atoms with Gasteiger partial charge >= 0.3 is 0 Å². The molecule has 0 aromatic heterocycles. The number of alkyl halides is 2. The lowest BCUT2D eigenvalue weighted by molar-refractivity contribution is -0.120. The second-order valence-corrected chi connectivity index (χ2v) is 6.39. The molecule has 0 aliphatic rings. The molecule has 0 atom stereocenters. The molecular weight excluding hydrogens is 290 g/mol. The van der Waals surface area contributed by atoms with Gasteiger partial charge in [-0.3, -0.25) is 4.79 Å². The van der Waals surface area contributed by atoms with Crippen LogP contribution in [0.1, 0.15) is 13.8 Å². The van der Waals surface area contributed by atoms with Crippen molar-refractivity contribution in [1.82, 2.24) is 5.32 Å². The number of hydrogen-bond acceptors (Lipinski definition) is 4. The fourth-order valence-corrected chi connectivity index (χ4v) is 2.75. The lowest BCUT2D eigenvalue weighted by Gasteiger charge is -2.14. The summed E-state index contributed by atoms with van der Waals surface area (Å²) in [7, 11) is -3.54. The summed E-state index contributed by atoms with van der Waals surface area (Å²) in [6, 6.07) is 0. The zero-order chi connectivity index (χ0) is 13.7. The predicted molar refractivity (Wildman–Crippen MR) is 67.8 cm³/mol. The molecule has 9 heteroatoms. The molecule has 5 nitrogen and oxygen atoms in total. The molecule has 0 bridgehead atoms. The van der Waals surface area contributed by atoms with Crippen LogP contribution >= 0.6 is 12.4 Å². The van der Waals surface area contributed by atoms with Crippen molar-refractivity contribution >= 4 is 28.2 Å². The van der Waals surface area contributed by atoms with Gasteiger partial charge in [0.2, 0.25) is 5.91 Å². The first-order valence-corrected chi connectivity index (χ1v) is 6.95. The average Bonchev–Trinajstić information content (AvgIpc) is 2.12. The molecule has 0 radical (unpaired) electrons. The molecule has 3 N–H and O–H groups in total. The van der Waals surface area contributed by atoms with Crippen LogP contribution in [-0.4, -0.2) is 44.8 Å². The van der Waals surface area contributed by atoms with Gasteiger partial charge in [0.25, 0.3) is 5.92 Å². The van der Waals surface area contributed by atoms with E-state index in [1.807, 2.05) is 5.32 Å². The van der Waals surface area contributed by atoms with Gasteiger partial charge < -0.3 is 11.1 Å². The van der Waals surface area contributed by atoms with E-state index < -0.39 is 40.5 Å². The first-order chi connectivity index (χ1) is 7.58. The Labute approximate surface area is 112 Å². The zero-order valence-electron chi connectivity index (χ0n) is 10.3. The van der Waals surface area contributed by atoms with Gasteiger partial charge in [-0.05, 0) is 5.92 Å². The summed E-state index contributed by atoms with van der Waals surface area (Å²) in [4.78, 5) is 11.1. The van der Waals surface area contributed by atoms with Gasteiger partial charge in [-0.25, -0.2) is 17.2 Å². The van der Waals surface area contributed by atoms with E-state index in [1.54, 1.807) is 13.8 Å². The minimum atomic E-state index is -3.54. The summed E-state index contributed by atoms with van der Waals surface area (Å²) in [5.41, 5.74) is 4.77. The maximum Gasteiger partial charge on any atom is 0.277 e. The Morgan fingerprint density at radius 2 is 1.89 bits per heavy atom. The van der Waals surface area contributed by atoms with Crippen LogP contribution in [-0.2, 0) is 14.6 Å². The van der Waals surface area contributed by atoms with E-state index >= 15 is 0 Å². The van der Waals surface area contributed by atoms with Crippen molar-refractivity contribution in [3.8, 4) is 0 Å². The number of sulfone groups is 1. The summed E-state index contributed by atoms with van der Waals surface area (Å²) in [5.74, 6) is -5.17. The molecule has 0 saturated heterocycles. The van der Waals surface area contributed by atoms with Crippen molar-refractivity contribution in [2.75, 3.05) is 24.6 Å². The Morgan fingerprint density at radius 3 is 2.28 bits per heavy atom. The van der Waals surface area contributed by atoms with E-state index in [9.17, 15) is 22.0 Å². The third kappa shape index (κ3) is 9.55. The standard InChI is InChI=1S/C9H18F2N2O3S.ClH/c1-7(2)3-17(15,16)4-8(14)13-6-9(10,11)5-12;/h7H,3-6,12H2,1-2H3,(H,13,14);1H. The summed E-state index contributed by atoms with van der Waals surface area (Å²) in [6.07, 6.45) is 0. The van der Waals surface area contributed by atoms with Gasteiger partial charge in [-0.2, -0.15) is 0 Å². The van der Waals surface area contributed by atoms with Crippen molar-refractivity contribution < 1.29 is 22.0 Å². The SMILES string of the molecule is CC(C)CS(=O)(=O)CC(=O)NCC(F)(F)CN.Cl. The molecule has 0 saturated carbocycles. The molecule has 110 valence electrons. The summed E-state index contributed by atoms with van der Waals surface area (Å²) in [6.45, 7) is 1.54. The lowest BCUT2D eigenvalue weighted by Crippen LogP contribution is -2.43. The fraction of sp³-hybridized carbons (Fsp3) is 0.889. The highest BCUT2D eigenvalue weighted by Crippen LogP contribution is 2.08. The largest absolute Gasteiger partial charge is 0.349 e. The third-order valence-corrected chi connectivity index (χ3v) is 3.66. The van der Waals surface area contributed by atoms with Crippen molar-refractivity contribution in [1.29, 1.82) is 0 Å². The molecule has 0 spiro atoms. The van der Waals surface area contributed by atoms with Crippen LogP contribution in [0.3, 0.4) is 0 Å². The topological polar surface area (TPSA) is 89.3 Å². The minimum absolute atomic E-state index is 0. The van der Waals surface area contributed by atoms with Gasteiger partial charge in [0.1, 0.15) is 5.75 Å². The second kappa shape index (κ2) is 7.85. The highest BCUT2D eigenvalue weighted by Gasteiger charge is 2.28. The number of amides is 1. The van der Waals surface area contributed by atoms with Crippen LogP contribution < -0.4 is 11.1 Å². The average molecular weight is 309 g/mol. The van der Waals surface area contributed by atoms with Gasteiger partial charge in [0, 0.05) is 0 Å². The number of carbonyl (C=O) groups excluding carboxylic acids is 1. The van der Waals surface area contributed by atoms with Gasteiger partial charge in [0.05, 0.1) is 18.8 Å². The first kappa shape index (κ1) is 19.9. The van der Waals surface area contributed by atoms with Gasteiger partial charge in [-0.1, -0.05) is 13.8 Å². The Kier molecular flexibility index (Phi) is 8.67. The van der Waals surface area contributed by atoms with Gasteiger partial charge in [-0.15, -0.1) is 12.4 Å². The van der Waals surface area contributed by atoms with E-state index in [1.165, 1.54) is 0 Å². The quantitative estimate of drug-likeness (QED) is 0.702. The smallest absolute Gasteiger partial charge is 0.277 e. The highest BCUT2D eigenvalue weighted by atomic mass is 35.5. The molecule has 0 rings (SSSR count). The van der Waals surface area contributed by atoms with Crippen molar-refractivity contribution in [3.63, 3.8) is 0 Å². The molecular formula is C9H19ClF2N2O3S. The predicted octanol–water partition coefficient (Wildman–Crippen LogP) is 0.189. The van der Waals surface area contributed by atoms with E-state index in [0.717, 1.165) is 0 Å². The molecule has 1 amide bonds. The number of carbonyl (C=O) groups is 1. The highest BCUT2D eigenvalue weighted by molar-refractivity contribution is 7.92. The van der Waals surface area contributed by atoms with Crippen LogP contribution in [0.5, 0.6) is 0 Å². The van der Waals surface area contributed by atoms with Crippen LogP contribution in [0.2, 0.25) is 0 Å². The van der Waals surface area contributed by atoms with Crippen molar-refractivity contribution in [3.05, 3.63) is 0 Å². The molecule has 0 aliphatic carbocycles. The van der Waals surface area contributed by atoms with Crippen LogP contribution in [0.25, 0.3) is 0 Å². The maximum atomic E-state index is 12.7. The molecule has 0 aromatic rings. The van der Waals surface area contributed by atoms with E-state index in [0.29, 0.717) is 0 Å². The number of nitrogens with one attached hydrogen (secondary N) is 1. The van der Waals surface area contributed by atoms with E-state index in [2.05, 4.69) is 0 Å². The van der Waals surface area contributed by atoms with Crippen LogP contribution in [0.4, 0.5) is 8.78 Å². The van der Waals surface area contributed by atoms with Crippen LogP contribution in [0.15, 0.2) is 0 Å². The summed E-state index contributed by atoms with van der Waals surface area (Å²) < 4.78 is 48.1.